The Kier molecular flexibility index (Phi) is 6.54. The predicted molar refractivity (Wildman–Crippen MR) is 106 cm³/mol. The Morgan fingerprint density at radius 1 is 0.929 bits per heavy atom. The largest absolute Gasteiger partial charge is 0.481 e. The molecule has 0 radical (unpaired) electrons. The predicted octanol–water partition coefficient (Wildman–Crippen LogP) is 3.43. The molecule has 0 atom stereocenters. The molecule has 0 aliphatic heterocycles. The van der Waals surface area contributed by atoms with Crippen molar-refractivity contribution in [2.45, 2.75) is 70.4 Å². The van der Waals surface area contributed by atoms with Gasteiger partial charge in [0.15, 0.2) is 0 Å². The topological polar surface area (TPSA) is 108 Å². The van der Waals surface area contributed by atoms with E-state index in [1.807, 2.05) is 6.92 Å². The van der Waals surface area contributed by atoms with Gasteiger partial charge in [-0.25, -0.2) is 4.79 Å². The van der Waals surface area contributed by atoms with E-state index in [4.69, 9.17) is 5.11 Å². The van der Waals surface area contributed by atoms with Crippen molar-refractivity contribution >= 4 is 23.6 Å². The van der Waals surface area contributed by atoms with Crippen LogP contribution in [0, 0.1) is 12.8 Å². The Morgan fingerprint density at radius 3 is 2.18 bits per heavy atom. The molecule has 2 saturated carbocycles. The number of carbonyl (C=O) groups excluding carboxylic acids is 2. The number of aryl methyl sites for hydroxylation is 1. The van der Waals surface area contributed by atoms with E-state index in [-0.39, 0.29) is 29.9 Å². The van der Waals surface area contributed by atoms with Crippen molar-refractivity contribution in [1.82, 2.24) is 10.6 Å². The van der Waals surface area contributed by atoms with Crippen molar-refractivity contribution in [2.75, 3.05) is 5.32 Å². The summed E-state index contributed by atoms with van der Waals surface area (Å²) in [5.41, 5.74) is 2.08. The summed E-state index contributed by atoms with van der Waals surface area (Å²) in [4.78, 5) is 35.7. The first-order chi connectivity index (χ1) is 13.4. The average molecular weight is 387 g/mol. The average Bonchev–Trinajstić information content (AvgIpc) is 3.16. The number of carbonyl (C=O) groups is 3. The molecular weight excluding hydrogens is 358 g/mol. The summed E-state index contributed by atoms with van der Waals surface area (Å²) in [6.45, 7) is 1.86. The molecule has 152 valence electrons. The van der Waals surface area contributed by atoms with Crippen molar-refractivity contribution in [3.63, 3.8) is 0 Å². The lowest BCUT2D eigenvalue weighted by atomic mass is 9.86. The quantitative estimate of drug-likeness (QED) is 0.621. The second-order valence-corrected chi connectivity index (χ2v) is 7.97. The third kappa shape index (κ3) is 5.24. The number of amides is 3. The minimum Gasteiger partial charge on any atom is -0.481 e. The van der Waals surface area contributed by atoms with E-state index in [1.165, 1.54) is 12.8 Å². The fourth-order valence-corrected chi connectivity index (χ4v) is 4.11. The van der Waals surface area contributed by atoms with E-state index in [9.17, 15) is 14.4 Å². The number of carboxylic acid groups (broad SMARTS) is 1. The molecule has 4 N–H and O–H groups in total. The van der Waals surface area contributed by atoms with E-state index in [0.717, 1.165) is 18.4 Å². The zero-order valence-corrected chi connectivity index (χ0v) is 16.3. The van der Waals surface area contributed by atoms with Crippen molar-refractivity contribution in [3.05, 3.63) is 29.3 Å². The van der Waals surface area contributed by atoms with Gasteiger partial charge in [0, 0.05) is 23.3 Å². The molecule has 0 heterocycles. The van der Waals surface area contributed by atoms with Gasteiger partial charge in [-0.3, -0.25) is 9.59 Å². The molecule has 0 aromatic heterocycles. The van der Waals surface area contributed by atoms with Crippen LogP contribution in [0.15, 0.2) is 18.2 Å². The summed E-state index contributed by atoms with van der Waals surface area (Å²) >= 11 is 0. The first-order valence-electron chi connectivity index (χ1n) is 10.1. The Morgan fingerprint density at radius 2 is 1.57 bits per heavy atom. The summed E-state index contributed by atoms with van der Waals surface area (Å²) in [6.07, 6.45) is 6.93. The molecule has 3 rings (SSSR count). The van der Waals surface area contributed by atoms with Crippen LogP contribution in [0.5, 0.6) is 0 Å². The standard InChI is InChI=1S/C21H29N3O4/c1-13-12-15(19(25)22-16-4-2-3-5-16)8-11-18(13)24-21(28)23-17-9-6-14(7-10-17)20(26)27/h8,11-12,14,16-17H,2-7,9-10H2,1H3,(H,22,25)(H,26,27)(H2,23,24,28). The normalized spacial score (nSPS) is 22.5. The van der Waals surface area contributed by atoms with Gasteiger partial charge in [0.2, 0.25) is 0 Å². The molecule has 0 spiro atoms. The highest BCUT2D eigenvalue weighted by molar-refractivity contribution is 5.96. The zero-order chi connectivity index (χ0) is 20.1. The Balaban J connectivity index is 1.50. The Hall–Kier alpha value is -2.57. The molecular formula is C21H29N3O4. The molecule has 2 fully saturated rings. The third-order valence-electron chi connectivity index (χ3n) is 5.84. The van der Waals surface area contributed by atoms with Gasteiger partial charge in [-0.15, -0.1) is 0 Å². The van der Waals surface area contributed by atoms with Crippen LogP contribution < -0.4 is 16.0 Å². The number of hydrogen-bond donors (Lipinski definition) is 4. The number of carboxylic acids is 1. The smallest absolute Gasteiger partial charge is 0.319 e. The van der Waals surface area contributed by atoms with Gasteiger partial charge in [0.05, 0.1) is 5.92 Å². The minimum atomic E-state index is -0.754. The number of urea groups is 1. The van der Waals surface area contributed by atoms with Crippen LogP contribution in [0.2, 0.25) is 0 Å². The first-order valence-corrected chi connectivity index (χ1v) is 10.1. The summed E-state index contributed by atoms with van der Waals surface area (Å²) in [5, 5.41) is 17.9. The lowest BCUT2D eigenvalue weighted by Gasteiger charge is -2.27. The summed E-state index contributed by atoms with van der Waals surface area (Å²) in [7, 11) is 0. The SMILES string of the molecule is Cc1cc(C(=O)NC2CCCC2)ccc1NC(=O)NC1CCC(C(=O)O)CC1. The molecule has 0 unspecified atom stereocenters. The van der Waals surface area contributed by atoms with E-state index < -0.39 is 5.97 Å². The lowest BCUT2D eigenvalue weighted by molar-refractivity contribution is -0.142. The van der Waals surface area contributed by atoms with Crippen LogP contribution in [0.4, 0.5) is 10.5 Å². The van der Waals surface area contributed by atoms with Gasteiger partial charge in [-0.1, -0.05) is 12.8 Å². The van der Waals surface area contributed by atoms with Crippen molar-refractivity contribution in [2.24, 2.45) is 5.92 Å². The molecule has 0 saturated heterocycles. The maximum atomic E-state index is 12.4. The number of rotatable bonds is 5. The van der Waals surface area contributed by atoms with Gasteiger partial charge in [-0.05, 0) is 69.2 Å². The minimum absolute atomic E-state index is 0.00707. The number of benzene rings is 1. The molecule has 3 amide bonds. The van der Waals surface area contributed by atoms with E-state index >= 15 is 0 Å². The first kappa shape index (κ1) is 20.2. The number of nitrogens with one attached hydrogen (secondary N) is 3. The highest BCUT2D eigenvalue weighted by Crippen LogP contribution is 2.25. The molecule has 28 heavy (non-hydrogen) atoms. The van der Waals surface area contributed by atoms with Gasteiger partial charge in [0.25, 0.3) is 5.91 Å². The summed E-state index contributed by atoms with van der Waals surface area (Å²) in [5.74, 6) is -1.12. The molecule has 2 aliphatic rings. The van der Waals surface area contributed by atoms with Crippen LogP contribution in [0.1, 0.15) is 67.3 Å². The summed E-state index contributed by atoms with van der Waals surface area (Å²) < 4.78 is 0. The molecule has 1 aromatic carbocycles. The lowest BCUT2D eigenvalue weighted by Crippen LogP contribution is -2.41. The molecule has 1 aromatic rings. The van der Waals surface area contributed by atoms with Crippen molar-refractivity contribution in [3.8, 4) is 0 Å². The van der Waals surface area contributed by atoms with Crippen LogP contribution >= 0.6 is 0 Å². The van der Waals surface area contributed by atoms with Crippen LogP contribution in [-0.2, 0) is 4.79 Å². The van der Waals surface area contributed by atoms with E-state index in [1.54, 1.807) is 18.2 Å². The van der Waals surface area contributed by atoms with E-state index in [2.05, 4.69) is 16.0 Å². The highest BCUT2D eigenvalue weighted by Gasteiger charge is 2.26. The maximum Gasteiger partial charge on any atom is 0.319 e. The summed E-state index contributed by atoms with van der Waals surface area (Å²) in [6, 6.07) is 5.23. The Bertz CT molecular complexity index is 735. The van der Waals surface area contributed by atoms with Gasteiger partial charge in [0.1, 0.15) is 0 Å². The molecule has 0 bridgehead atoms. The third-order valence-corrected chi connectivity index (χ3v) is 5.84. The zero-order valence-electron chi connectivity index (χ0n) is 16.3. The van der Waals surface area contributed by atoms with Crippen LogP contribution in [-0.4, -0.2) is 35.1 Å². The van der Waals surface area contributed by atoms with Gasteiger partial charge in [-0.2, -0.15) is 0 Å². The fourth-order valence-electron chi connectivity index (χ4n) is 4.11. The van der Waals surface area contributed by atoms with Gasteiger partial charge < -0.3 is 21.1 Å². The number of anilines is 1. The molecule has 7 nitrogen and oxygen atoms in total. The Labute approximate surface area is 165 Å². The van der Waals surface area contributed by atoms with Crippen LogP contribution in [0.25, 0.3) is 0 Å². The van der Waals surface area contributed by atoms with Crippen molar-refractivity contribution < 1.29 is 19.5 Å². The van der Waals surface area contributed by atoms with Gasteiger partial charge >= 0.3 is 12.0 Å². The number of aliphatic carboxylic acids is 1. The second kappa shape index (κ2) is 9.08. The monoisotopic (exact) mass is 387 g/mol. The van der Waals surface area contributed by atoms with E-state index in [0.29, 0.717) is 36.9 Å². The van der Waals surface area contributed by atoms with Crippen molar-refractivity contribution in [1.29, 1.82) is 0 Å². The molecule has 7 heteroatoms. The fraction of sp³-hybridized carbons (Fsp3) is 0.571. The second-order valence-electron chi connectivity index (χ2n) is 7.97. The highest BCUT2D eigenvalue weighted by atomic mass is 16.4. The number of hydrogen-bond acceptors (Lipinski definition) is 3. The van der Waals surface area contributed by atoms with Crippen LogP contribution in [0.3, 0.4) is 0 Å². The maximum absolute atomic E-state index is 12.4. The molecule has 2 aliphatic carbocycles.